The van der Waals surface area contributed by atoms with Crippen LogP contribution < -0.4 is 4.72 Å². The molecule has 96 valence electrons. The first-order chi connectivity index (χ1) is 7.86. The summed E-state index contributed by atoms with van der Waals surface area (Å²) >= 11 is 2.95. The van der Waals surface area contributed by atoms with Crippen molar-refractivity contribution in [3.8, 4) is 0 Å². The van der Waals surface area contributed by atoms with E-state index >= 15 is 0 Å². The molecule has 0 spiro atoms. The van der Waals surface area contributed by atoms with E-state index in [1.165, 1.54) is 12.1 Å². The molecule has 17 heavy (non-hydrogen) atoms. The largest absolute Gasteiger partial charge is 0.396 e. The van der Waals surface area contributed by atoms with Gasteiger partial charge in [0.1, 0.15) is 5.82 Å². The highest BCUT2D eigenvalue weighted by atomic mass is 79.9. The number of hydrogen-bond donors (Lipinski definition) is 2. The van der Waals surface area contributed by atoms with Gasteiger partial charge in [0.15, 0.2) is 0 Å². The van der Waals surface area contributed by atoms with Gasteiger partial charge in [0.25, 0.3) is 0 Å². The molecule has 0 heterocycles. The summed E-state index contributed by atoms with van der Waals surface area (Å²) in [5.74, 6) is -0.636. The van der Waals surface area contributed by atoms with E-state index in [4.69, 9.17) is 5.11 Å². The van der Waals surface area contributed by atoms with E-state index in [1.807, 2.05) is 0 Å². The number of benzene rings is 1. The van der Waals surface area contributed by atoms with E-state index in [1.54, 1.807) is 6.92 Å². The highest BCUT2D eigenvalue weighted by molar-refractivity contribution is 9.10. The average molecular weight is 326 g/mol. The molecule has 0 saturated carbocycles. The van der Waals surface area contributed by atoms with Gasteiger partial charge in [0, 0.05) is 12.6 Å². The van der Waals surface area contributed by atoms with Crippen molar-refractivity contribution in [1.29, 1.82) is 0 Å². The van der Waals surface area contributed by atoms with Gasteiger partial charge in [-0.15, -0.1) is 0 Å². The van der Waals surface area contributed by atoms with Gasteiger partial charge >= 0.3 is 0 Å². The van der Waals surface area contributed by atoms with Gasteiger partial charge in [-0.25, -0.2) is 17.5 Å². The van der Waals surface area contributed by atoms with Gasteiger partial charge in [-0.05, 0) is 47.5 Å². The molecular weight excluding hydrogens is 313 g/mol. The first kappa shape index (κ1) is 14.6. The molecule has 1 atom stereocenters. The third-order valence-corrected chi connectivity index (χ3v) is 4.35. The van der Waals surface area contributed by atoms with Gasteiger partial charge in [-0.1, -0.05) is 0 Å². The zero-order chi connectivity index (χ0) is 13.1. The summed E-state index contributed by atoms with van der Waals surface area (Å²) in [6.07, 6.45) is 0.304. The predicted molar refractivity (Wildman–Crippen MR) is 65.6 cm³/mol. The summed E-state index contributed by atoms with van der Waals surface area (Å²) in [6, 6.07) is 3.18. The molecule has 0 aromatic heterocycles. The van der Waals surface area contributed by atoms with E-state index in [0.29, 0.717) is 6.42 Å². The quantitative estimate of drug-likeness (QED) is 0.864. The minimum absolute atomic E-state index is 0.113. The smallest absolute Gasteiger partial charge is 0.240 e. The van der Waals surface area contributed by atoms with Crippen molar-refractivity contribution < 1.29 is 17.9 Å². The molecule has 0 aliphatic heterocycles. The fourth-order valence-corrected chi connectivity index (χ4v) is 2.77. The van der Waals surface area contributed by atoms with Crippen LogP contribution in [0.2, 0.25) is 0 Å². The first-order valence-electron chi connectivity index (χ1n) is 4.95. The van der Waals surface area contributed by atoms with Crippen LogP contribution in [-0.2, 0) is 10.0 Å². The first-order valence-corrected chi connectivity index (χ1v) is 7.22. The predicted octanol–water partition coefficient (Wildman–Crippen LogP) is 1.64. The summed E-state index contributed by atoms with van der Waals surface area (Å²) in [4.78, 5) is -0.136. The lowest BCUT2D eigenvalue weighted by molar-refractivity contribution is 0.275. The second kappa shape index (κ2) is 5.90. The molecule has 1 aromatic carbocycles. The zero-order valence-corrected chi connectivity index (χ0v) is 11.6. The minimum Gasteiger partial charge on any atom is -0.396 e. The Bertz CT molecular complexity index is 492. The average Bonchev–Trinajstić information content (AvgIpc) is 2.21. The van der Waals surface area contributed by atoms with Gasteiger partial charge in [0.2, 0.25) is 10.0 Å². The van der Waals surface area contributed by atoms with Gasteiger partial charge in [-0.3, -0.25) is 0 Å². The van der Waals surface area contributed by atoms with Gasteiger partial charge < -0.3 is 5.11 Å². The lowest BCUT2D eigenvalue weighted by Gasteiger charge is -2.13. The summed E-state index contributed by atoms with van der Waals surface area (Å²) in [7, 11) is -3.74. The lowest BCUT2D eigenvalue weighted by Crippen LogP contribution is -2.33. The number of rotatable bonds is 5. The third-order valence-electron chi connectivity index (χ3n) is 2.12. The molecule has 0 saturated heterocycles. The summed E-state index contributed by atoms with van der Waals surface area (Å²) in [5.41, 5.74) is 0. The molecule has 2 N–H and O–H groups in total. The van der Waals surface area contributed by atoms with Crippen LogP contribution in [0.3, 0.4) is 0 Å². The number of hydrogen-bond acceptors (Lipinski definition) is 3. The Hall–Kier alpha value is -0.500. The van der Waals surface area contributed by atoms with Crippen LogP contribution in [0.5, 0.6) is 0 Å². The van der Waals surface area contributed by atoms with Crippen LogP contribution in [0.4, 0.5) is 4.39 Å². The minimum atomic E-state index is -3.74. The van der Waals surface area contributed by atoms with E-state index in [2.05, 4.69) is 20.7 Å². The van der Waals surface area contributed by atoms with Crippen molar-refractivity contribution in [2.24, 2.45) is 0 Å². The maximum Gasteiger partial charge on any atom is 0.240 e. The monoisotopic (exact) mass is 325 g/mol. The van der Waals surface area contributed by atoms with Crippen LogP contribution in [-0.4, -0.2) is 26.2 Å². The summed E-state index contributed by atoms with van der Waals surface area (Å²) < 4.78 is 39.4. The number of halogens is 2. The molecule has 1 rings (SSSR count). The third kappa shape index (κ3) is 4.02. The molecule has 1 unspecified atom stereocenters. The lowest BCUT2D eigenvalue weighted by atomic mass is 10.3. The van der Waals surface area contributed by atoms with E-state index in [-0.39, 0.29) is 16.0 Å². The van der Waals surface area contributed by atoms with Crippen molar-refractivity contribution >= 4 is 26.0 Å². The van der Waals surface area contributed by atoms with Crippen LogP contribution in [0.25, 0.3) is 0 Å². The van der Waals surface area contributed by atoms with Crippen molar-refractivity contribution in [1.82, 2.24) is 4.72 Å². The second-order valence-corrected chi connectivity index (χ2v) is 6.18. The SMILES string of the molecule is CC(CCO)NS(=O)(=O)c1ccc(Br)c(F)c1. The van der Waals surface area contributed by atoms with Crippen LogP contribution in [0.1, 0.15) is 13.3 Å². The molecule has 4 nitrogen and oxygen atoms in total. The Morgan fingerprint density at radius 3 is 2.71 bits per heavy atom. The van der Waals surface area contributed by atoms with Crippen LogP contribution in [0.15, 0.2) is 27.6 Å². The number of aliphatic hydroxyl groups excluding tert-OH is 1. The van der Waals surface area contributed by atoms with Crippen LogP contribution >= 0.6 is 15.9 Å². The van der Waals surface area contributed by atoms with Crippen LogP contribution in [0, 0.1) is 5.82 Å². The Kier molecular flexibility index (Phi) is 5.05. The van der Waals surface area contributed by atoms with Crippen molar-refractivity contribution in [3.05, 3.63) is 28.5 Å². The highest BCUT2D eigenvalue weighted by Crippen LogP contribution is 2.19. The van der Waals surface area contributed by atoms with Crippen molar-refractivity contribution in [2.45, 2.75) is 24.3 Å². The van der Waals surface area contributed by atoms with Gasteiger partial charge in [-0.2, -0.15) is 0 Å². The molecule has 0 fully saturated rings. The van der Waals surface area contributed by atoms with E-state index in [9.17, 15) is 12.8 Å². The van der Waals surface area contributed by atoms with Crippen molar-refractivity contribution in [3.63, 3.8) is 0 Å². The van der Waals surface area contributed by atoms with E-state index < -0.39 is 21.9 Å². The summed E-state index contributed by atoms with van der Waals surface area (Å²) in [6.45, 7) is 1.52. The zero-order valence-electron chi connectivity index (χ0n) is 9.15. The topological polar surface area (TPSA) is 66.4 Å². The number of aliphatic hydroxyl groups is 1. The molecule has 0 amide bonds. The Morgan fingerprint density at radius 1 is 1.53 bits per heavy atom. The fourth-order valence-electron chi connectivity index (χ4n) is 1.23. The highest BCUT2D eigenvalue weighted by Gasteiger charge is 2.18. The normalized spacial score (nSPS) is 13.6. The Morgan fingerprint density at radius 2 is 2.18 bits per heavy atom. The Labute approximate surface area is 108 Å². The maximum atomic E-state index is 13.2. The fraction of sp³-hybridized carbons (Fsp3) is 0.400. The van der Waals surface area contributed by atoms with E-state index in [0.717, 1.165) is 6.07 Å². The Balaban J connectivity index is 2.93. The molecule has 0 aliphatic carbocycles. The molecule has 7 heteroatoms. The number of nitrogens with one attached hydrogen (secondary N) is 1. The second-order valence-electron chi connectivity index (χ2n) is 3.61. The van der Waals surface area contributed by atoms with Crippen molar-refractivity contribution in [2.75, 3.05) is 6.61 Å². The standard InChI is InChI=1S/C10H13BrFNO3S/c1-7(4-5-14)13-17(15,16)8-2-3-9(11)10(12)6-8/h2-3,6-7,13-14H,4-5H2,1H3. The molecule has 0 aliphatic rings. The molecular formula is C10H13BrFNO3S. The molecule has 0 radical (unpaired) electrons. The van der Waals surface area contributed by atoms with Gasteiger partial charge in [0.05, 0.1) is 9.37 Å². The maximum absolute atomic E-state index is 13.2. The molecule has 0 bridgehead atoms. The summed E-state index contributed by atoms with van der Waals surface area (Å²) in [5, 5.41) is 8.68. The number of sulfonamides is 1. The molecule has 1 aromatic rings.